The van der Waals surface area contributed by atoms with Gasteiger partial charge in [-0.2, -0.15) is 0 Å². The molecule has 21 heavy (non-hydrogen) atoms. The number of aromatic nitrogens is 1. The zero-order valence-electron chi connectivity index (χ0n) is 12.2. The molecule has 1 aliphatic heterocycles. The standard InChI is InChI=1S/C16H20BrN3S/c1-20-7-3-6-15(20)10-18-9-14-11-21-16(19-14)12-4-2-5-13(17)8-12/h2,4-5,8,11,15,18H,3,6-7,9-10H2,1H3. The van der Waals surface area contributed by atoms with Gasteiger partial charge in [-0.1, -0.05) is 28.1 Å². The highest BCUT2D eigenvalue weighted by Gasteiger charge is 2.19. The van der Waals surface area contributed by atoms with Gasteiger partial charge in [0.2, 0.25) is 0 Å². The van der Waals surface area contributed by atoms with Gasteiger partial charge in [-0.05, 0) is 38.6 Å². The summed E-state index contributed by atoms with van der Waals surface area (Å²) in [5.74, 6) is 0. The van der Waals surface area contributed by atoms with Gasteiger partial charge in [0.05, 0.1) is 5.69 Å². The summed E-state index contributed by atoms with van der Waals surface area (Å²) in [7, 11) is 2.22. The van der Waals surface area contributed by atoms with Crippen LogP contribution in [0.2, 0.25) is 0 Å². The van der Waals surface area contributed by atoms with Gasteiger partial charge in [0.15, 0.2) is 0 Å². The molecule has 5 heteroatoms. The Labute approximate surface area is 138 Å². The second-order valence-electron chi connectivity index (χ2n) is 5.56. The van der Waals surface area contributed by atoms with E-state index in [1.807, 2.05) is 6.07 Å². The highest BCUT2D eigenvalue weighted by atomic mass is 79.9. The monoisotopic (exact) mass is 365 g/mol. The van der Waals surface area contributed by atoms with Crippen molar-refractivity contribution in [2.45, 2.75) is 25.4 Å². The molecule has 0 amide bonds. The molecule has 1 unspecified atom stereocenters. The first-order valence-corrected chi connectivity index (χ1v) is 9.01. The second kappa shape index (κ2) is 7.01. The number of thiazole rings is 1. The third-order valence-electron chi connectivity index (χ3n) is 3.98. The molecule has 0 aliphatic carbocycles. The van der Waals surface area contributed by atoms with Gasteiger partial charge < -0.3 is 10.2 Å². The smallest absolute Gasteiger partial charge is 0.123 e. The fourth-order valence-corrected chi connectivity index (χ4v) is 3.96. The Bertz CT molecular complexity index is 599. The van der Waals surface area contributed by atoms with Crippen LogP contribution in [0.15, 0.2) is 34.1 Å². The minimum Gasteiger partial charge on any atom is -0.310 e. The first-order valence-electron chi connectivity index (χ1n) is 7.33. The Kier molecular flexibility index (Phi) is 5.06. The SMILES string of the molecule is CN1CCCC1CNCc1csc(-c2cccc(Br)c2)n1. The molecular formula is C16H20BrN3S. The molecule has 3 nitrogen and oxygen atoms in total. The molecule has 2 aromatic rings. The minimum absolute atomic E-state index is 0.688. The molecule has 1 aromatic heterocycles. The van der Waals surface area contributed by atoms with E-state index in [4.69, 9.17) is 4.98 Å². The molecule has 2 heterocycles. The maximum Gasteiger partial charge on any atom is 0.123 e. The Morgan fingerprint density at radius 2 is 2.38 bits per heavy atom. The molecule has 1 atom stereocenters. The topological polar surface area (TPSA) is 28.2 Å². The maximum absolute atomic E-state index is 4.73. The highest BCUT2D eigenvalue weighted by molar-refractivity contribution is 9.10. The zero-order valence-corrected chi connectivity index (χ0v) is 14.6. The summed E-state index contributed by atoms with van der Waals surface area (Å²) in [6.07, 6.45) is 2.64. The van der Waals surface area contributed by atoms with E-state index in [-0.39, 0.29) is 0 Å². The summed E-state index contributed by atoms with van der Waals surface area (Å²) in [5, 5.41) is 6.79. The second-order valence-corrected chi connectivity index (χ2v) is 7.34. The van der Waals surface area contributed by atoms with Crippen LogP contribution >= 0.6 is 27.3 Å². The van der Waals surface area contributed by atoms with Crippen LogP contribution in [0.3, 0.4) is 0 Å². The number of likely N-dealkylation sites (N-methyl/N-ethyl adjacent to an activating group) is 1. The number of likely N-dealkylation sites (tertiary alicyclic amines) is 1. The third kappa shape index (κ3) is 3.92. The van der Waals surface area contributed by atoms with Crippen molar-refractivity contribution in [1.82, 2.24) is 15.2 Å². The minimum atomic E-state index is 0.688. The number of nitrogens with zero attached hydrogens (tertiary/aromatic N) is 2. The quantitative estimate of drug-likeness (QED) is 0.874. The van der Waals surface area contributed by atoms with Crippen molar-refractivity contribution in [3.63, 3.8) is 0 Å². The number of hydrogen-bond acceptors (Lipinski definition) is 4. The first-order chi connectivity index (χ1) is 10.2. The van der Waals surface area contributed by atoms with Crippen LogP contribution in [-0.4, -0.2) is 36.1 Å². The van der Waals surface area contributed by atoms with Gasteiger partial charge in [0, 0.05) is 34.5 Å². The van der Waals surface area contributed by atoms with Crippen LogP contribution in [0, 0.1) is 0 Å². The van der Waals surface area contributed by atoms with E-state index in [9.17, 15) is 0 Å². The summed E-state index contributed by atoms with van der Waals surface area (Å²) < 4.78 is 1.10. The number of hydrogen-bond donors (Lipinski definition) is 1. The van der Waals surface area contributed by atoms with Crippen molar-refractivity contribution in [1.29, 1.82) is 0 Å². The fourth-order valence-electron chi connectivity index (χ4n) is 2.75. The number of rotatable bonds is 5. The molecule has 0 saturated carbocycles. The van der Waals surface area contributed by atoms with E-state index in [1.54, 1.807) is 11.3 Å². The molecule has 1 N–H and O–H groups in total. The largest absolute Gasteiger partial charge is 0.310 e. The van der Waals surface area contributed by atoms with Gasteiger partial charge in [0.25, 0.3) is 0 Å². The lowest BCUT2D eigenvalue weighted by molar-refractivity contribution is 0.300. The number of benzene rings is 1. The third-order valence-corrected chi connectivity index (χ3v) is 5.41. The molecule has 1 saturated heterocycles. The van der Waals surface area contributed by atoms with E-state index in [2.05, 4.69) is 56.8 Å². The maximum atomic E-state index is 4.73. The Morgan fingerprint density at radius 1 is 1.48 bits per heavy atom. The molecule has 112 valence electrons. The normalized spacial score (nSPS) is 19.2. The lowest BCUT2D eigenvalue weighted by atomic mass is 10.2. The van der Waals surface area contributed by atoms with Crippen molar-refractivity contribution in [3.8, 4) is 10.6 Å². The number of halogens is 1. The lowest BCUT2D eigenvalue weighted by Crippen LogP contribution is -2.35. The molecule has 1 aliphatic rings. The molecule has 1 fully saturated rings. The van der Waals surface area contributed by atoms with E-state index < -0.39 is 0 Å². The number of nitrogens with one attached hydrogen (secondary N) is 1. The molecule has 1 aromatic carbocycles. The van der Waals surface area contributed by atoms with E-state index in [0.29, 0.717) is 6.04 Å². The van der Waals surface area contributed by atoms with Gasteiger partial charge in [0.1, 0.15) is 5.01 Å². The van der Waals surface area contributed by atoms with Gasteiger partial charge in [-0.25, -0.2) is 4.98 Å². The van der Waals surface area contributed by atoms with E-state index >= 15 is 0 Å². The summed E-state index contributed by atoms with van der Waals surface area (Å²) in [5.41, 5.74) is 2.31. The van der Waals surface area contributed by atoms with Crippen molar-refractivity contribution in [2.24, 2.45) is 0 Å². The zero-order chi connectivity index (χ0) is 14.7. The summed E-state index contributed by atoms with van der Waals surface area (Å²) in [6.45, 7) is 3.14. The predicted octanol–water partition coefficient (Wildman–Crippen LogP) is 3.76. The Morgan fingerprint density at radius 3 is 3.14 bits per heavy atom. The molecule has 3 rings (SSSR count). The highest BCUT2D eigenvalue weighted by Crippen LogP contribution is 2.26. The van der Waals surface area contributed by atoms with E-state index in [0.717, 1.165) is 28.3 Å². The van der Waals surface area contributed by atoms with Gasteiger partial charge in [-0.15, -0.1) is 11.3 Å². The van der Waals surface area contributed by atoms with Crippen LogP contribution in [-0.2, 0) is 6.54 Å². The predicted molar refractivity (Wildman–Crippen MR) is 92.6 cm³/mol. The van der Waals surface area contributed by atoms with Crippen LogP contribution in [0.1, 0.15) is 18.5 Å². The fraction of sp³-hybridized carbons (Fsp3) is 0.438. The molecule has 0 bridgehead atoms. The van der Waals surface area contributed by atoms with Crippen molar-refractivity contribution >= 4 is 27.3 Å². The van der Waals surface area contributed by atoms with Crippen LogP contribution in [0.5, 0.6) is 0 Å². The summed E-state index contributed by atoms with van der Waals surface area (Å²) in [6, 6.07) is 9.00. The Balaban J connectivity index is 1.55. The van der Waals surface area contributed by atoms with Crippen molar-refractivity contribution < 1.29 is 0 Å². The average Bonchev–Trinajstić information content (AvgIpc) is 3.09. The van der Waals surface area contributed by atoms with Crippen LogP contribution < -0.4 is 5.32 Å². The van der Waals surface area contributed by atoms with Crippen LogP contribution in [0.25, 0.3) is 10.6 Å². The summed E-state index contributed by atoms with van der Waals surface area (Å²) in [4.78, 5) is 7.17. The molecule has 0 radical (unpaired) electrons. The average molecular weight is 366 g/mol. The van der Waals surface area contributed by atoms with Crippen LogP contribution in [0.4, 0.5) is 0 Å². The first kappa shape index (κ1) is 15.2. The Hall–Kier alpha value is -0.750. The molecule has 0 spiro atoms. The van der Waals surface area contributed by atoms with Crippen molar-refractivity contribution in [2.75, 3.05) is 20.1 Å². The molecular weight excluding hydrogens is 346 g/mol. The van der Waals surface area contributed by atoms with Crippen molar-refractivity contribution in [3.05, 3.63) is 39.8 Å². The lowest BCUT2D eigenvalue weighted by Gasteiger charge is -2.19. The summed E-state index contributed by atoms with van der Waals surface area (Å²) >= 11 is 5.22. The van der Waals surface area contributed by atoms with Gasteiger partial charge >= 0.3 is 0 Å². The van der Waals surface area contributed by atoms with Gasteiger partial charge in [-0.3, -0.25) is 0 Å². The van der Waals surface area contributed by atoms with E-state index in [1.165, 1.54) is 24.9 Å².